The average molecular weight is 542 g/mol. The summed E-state index contributed by atoms with van der Waals surface area (Å²) in [6, 6.07) is 11.8. The molecule has 1 aliphatic heterocycles. The molecule has 0 amide bonds. The quantitative estimate of drug-likeness (QED) is 0.281. The van der Waals surface area contributed by atoms with E-state index >= 15 is 0 Å². The van der Waals surface area contributed by atoms with Crippen molar-refractivity contribution in [3.8, 4) is 11.5 Å². The average Bonchev–Trinajstić information content (AvgIpc) is 2.95. The molecule has 0 spiro atoms. The largest absolute Gasteiger partial charge is 0.490 e. The second-order valence-electron chi connectivity index (χ2n) is 5.79. The highest BCUT2D eigenvalue weighted by Crippen LogP contribution is 2.36. The molecule has 1 aliphatic rings. The van der Waals surface area contributed by atoms with Crippen molar-refractivity contribution in [1.82, 2.24) is 0 Å². The van der Waals surface area contributed by atoms with Gasteiger partial charge in [0.15, 0.2) is 11.5 Å². The molecule has 2 aromatic carbocycles. The standard InChI is InChI=1S/C20H17BrINO4/c1-3-25-18-10-14(8-16-12(2)23-27-20(16)24)9-17(22)19(18)26-11-13-4-6-15(21)7-5-13/h4-10H,3,11H2,1-2H3/b16-8+. The van der Waals surface area contributed by atoms with Gasteiger partial charge in [0, 0.05) is 4.47 Å². The van der Waals surface area contributed by atoms with E-state index in [1.807, 2.05) is 43.3 Å². The molecule has 0 aliphatic carbocycles. The first-order chi connectivity index (χ1) is 13.0. The van der Waals surface area contributed by atoms with Gasteiger partial charge in [0.05, 0.1) is 21.5 Å². The van der Waals surface area contributed by atoms with Gasteiger partial charge < -0.3 is 14.3 Å². The third-order valence-corrected chi connectivity index (χ3v) is 5.14. The van der Waals surface area contributed by atoms with Gasteiger partial charge >= 0.3 is 5.97 Å². The number of hydrogen-bond acceptors (Lipinski definition) is 5. The van der Waals surface area contributed by atoms with Crippen molar-refractivity contribution in [1.29, 1.82) is 0 Å². The number of carbonyl (C=O) groups is 1. The normalized spacial score (nSPS) is 14.9. The van der Waals surface area contributed by atoms with E-state index in [0.717, 1.165) is 19.2 Å². The molecule has 0 radical (unpaired) electrons. The van der Waals surface area contributed by atoms with Crippen molar-refractivity contribution in [2.75, 3.05) is 6.61 Å². The first kappa shape index (κ1) is 19.9. The van der Waals surface area contributed by atoms with Crippen LogP contribution in [0.1, 0.15) is 25.0 Å². The predicted molar refractivity (Wildman–Crippen MR) is 116 cm³/mol. The molecule has 0 saturated carbocycles. The number of hydrogen-bond donors (Lipinski definition) is 0. The minimum atomic E-state index is -0.448. The zero-order chi connectivity index (χ0) is 19.4. The van der Waals surface area contributed by atoms with E-state index in [4.69, 9.17) is 14.3 Å². The predicted octanol–water partition coefficient (Wildman–Crippen LogP) is 5.35. The summed E-state index contributed by atoms with van der Waals surface area (Å²) in [6.07, 6.45) is 1.75. The molecular weight excluding hydrogens is 525 g/mol. The highest BCUT2D eigenvalue weighted by atomic mass is 127. The number of carbonyl (C=O) groups excluding carboxylic acids is 1. The first-order valence-corrected chi connectivity index (χ1v) is 10.2. The monoisotopic (exact) mass is 541 g/mol. The molecule has 0 aromatic heterocycles. The van der Waals surface area contributed by atoms with Crippen LogP contribution in [0.25, 0.3) is 6.08 Å². The molecule has 140 valence electrons. The van der Waals surface area contributed by atoms with Crippen LogP contribution in [0.4, 0.5) is 0 Å². The van der Waals surface area contributed by atoms with Crippen LogP contribution in [-0.2, 0) is 16.2 Å². The molecule has 7 heteroatoms. The van der Waals surface area contributed by atoms with Gasteiger partial charge in [-0.1, -0.05) is 33.2 Å². The lowest BCUT2D eigenvalue weighted by Gasteiger charge is -2.15. The third-order valence-electron chi connectivity index (χ3n) is 3.81. The van der Waals surface area contributed by atoms with E-state index in [1.165, 1.54) is 0 Å². The zero-order valence-electron chi connectivity index (χ0n) is 14.8. The summed E-state index contributed by atoms with van der Waals surface area (Å²) in [6.45, 7) is 4.59. The van der Waals surface area contributed by atoms with E-state index in [0.29, 0.717) is 36.0 Å². The SMILES string of the molecule is CCOc1cc(/C=C2/C(=O)ON=C2C)cc(I)c1OCc1ccc(Br)cc1. The van der Waals surface area contributed by atoms with Crippen LogP contribution in [0.15, 0.2) is 51.6 Å². The number of oxime groups is 1. The summed E-state index contributed by atoms with van der Waals surface area (Å²) in [7, 11) is 0. The van der Waals surface area contributed by atoms with Gasteiger partial charge in [-0.2, -0.15) is 0 Å². The van der Waals surface area contributed by atoms with Crippen molar-refractivity contribution in [3.63, 3.8) is 0 Å². The molecule has 0 atom stereocenters. The number of benzene rings is 2. The topological polar surface area (TPSA) is 57.1 Å². The molecule has 0 unspecified atom stereocenters. The Balaban J connectivity index is 1.88. The van der Waals surface area contributed by atoms with Crippen molar-refractivity contribution in [3.05, 3.63) is 61.1 Å². The Morgan fingerprint density at radius 1 is 1.22 bits per heavy atom. The summed E-state index contributed by atoms with van der Waals surface area (Å²) in [5.41, 5.74) is 2.88. The fourth-order valence-corrected chi connectivity index (χ4v) is 3.54. The lowest BCUT2D eigenvalue weighted by atomic mass is 10.1. The fraction of sp³-hybridized carbons (Fsp3) is 0.200. The Labute approximate surface area is 179 Å². The van der Waals surface area contributed by atoms with Crippen LogP contribution in [0.5, 0.6) is 11.5 Å². The lowest BCUT2D eigenvalue weighted by Crippen LogP contribution is -2.04. The molecule has 0 N–H and O–H groups in total. The second-order valence-corrected chi connectivity index (χ2v) is 7.87. The van der Waals surface area contributed by atoms with Crippen molar-refractivity contribution < 1.29 is 19.1 Å². The van der Waals surface area contributed by atoms with E-state index in [9.17, 15) is 4.79 Å². The van der Waals surface area contributed by atoms with Gasteiger partial charge in [-0.05, 0) is 77.9 Å². The maximum Gasteiger partial charge on any atom is 0.367 e. The Hall–Kier alpha value is -1.87. The van der Waals surface area contributed by atoms with Crippen LogP contribution in [0.2, 0.25) is 0 Å². The summed E-state index contributed by atoms with van der Waals surface area (Å²) in [4.78, 5) is 16.5. The smallest absolute Gasteiger partial charge is 0.367 e. The molecule has 27 heavy (non-hydrogen) atoms. The molecule has 5 nitrogen and oxygen atoms in total. The van der Waals surface area contributed by atoms with Crippen LogP contribution in [0.3, 0.4) is 0 Å². The highest BCUT2D eigenvalue weighted by molar-refractivity contribution is 14.1. The maximum absolute atomic E-state index is 11.8. The number of rotatable bonds is 6. The zero-order valence-corrected chi connectivity index (χ0v) is 18.5. The van der Waals surface area contributed by atoms with Gasteiger partial charge in [0.25, 0.3) is 0 Å². The molecule has 0 saturated heterocycles. The van der Waals surface area contributed by atoms with E-state index in [-0.39, 0.29) is 0 Å². The minimum absolute atomic E-state index is 0.432. The Morgan fingerprint density at radius 2 is 1.96 bits per heavy atom. The molecule has 0 fully saturated rings. The summed E-state index contributed by atoms with van der Waals surface area (Å²) >= 11 is 5.64. The van der Waals surface area contributed by atoms with Crippen molar-refractivity contribution >= 4 is 56.3 Å². The van der Waals surface area contributed by atoms with Gasteiger partial charge in [-0.25, -0.2) is 4.79 Å². The highest BCUT2D eigenvalue weighted by Gasteiger charge is 2.22. The maximum atomic E-state index is 11.8. The lowest BCUT2D eigenvalue weighted by molar-refractivity contribution is -0.136. The minimum Gasteiger partial charge on any atom is -0.490 e. The van der Waals surface area contributed by atoms with Crippen molar-refractivity contribution in [2.24, 2.45) is 5.16 Å². The molecule has 3 rings (SSSR count). The summed E-state index contributed by atoms with van der Waals surface area (Å²) in [5, 5.41) is 3.70. The first-order valence-electron chi connectivity index (χ1n) is 8.29. The Bertz CT molecular complexity index is 922. The number of nitrogens with zero attached hydrogens (tertiary/aromatic N) is 1. The van der Waals surface area contributed by atoms with Gasteiger partial charge in [0.1, 0.15) is 6.61 Å². The second kappa shape index (κ2) is 8.88. The molecular formula is C20H17BrINO4. The van der Waals surface area contributed by atoms with Crippen molar-refractivity contribution in [2.45, 2.75) is 20.5 Å². The van der Waals surface area contributed by atoms with Gasteiger partial charge in [-0.15, -0.1) is 0 Å². The molecule has 0 bridgehead atoms. The van der Waals surface area contributed by atoms with E-state index in [1.54, 1.807) is 13.0 Å². The van der Waals surface area contributed by atoms with E-state index < -0.39 is 5.97 Å². The third kappa shape index (κ3) is 4.90. The summed E-state index contributed by atoms with van der Waals surface area (Å²) in [5.74, 6) is 0.868. The van der Waals surface area contributed by atoms with Crippen LogP contribution in [-0.4, -0.2) is 18.3 Å². The number of ether oxygens (including phenoxy) is 2. The van der Waals surface area contributed by atoms with Crippen LogP contribution < -0.4 is 9.47 Å². The van der Waals surface area contributed by atoms with E-state index in [2.05, 4.69) is 43.7 Å². The fourth-order valence-electron chi connectivity index (χ4n) is 2.50. The van der Waals surface area contributed by atoms with Gasteiger partial charge in [-0.3, -0.25) is 0 Å². The Morgan fingerprint density at radius 3 is 2.59 bits per heavy atom. The number of halogens is 2. The van der Waals surface area contributed by atoms with Crippen LogP contribution in [0, 0.1) is 3.57 Å². The van der Waals surface area contributed by atoms with Crippen LogP contribution >= 0.6 is 38.5 Å². The molecule has 1 heterocycles. The Kier molecular flexibility index (Phi) is 6.54. The molecule has 2 aromatic rings. The summed E-state index contributed by atoms with van der Waals surface area (Å²) < 4.78 is 13.7. The van der Waals surface area contributed by atoms with Gasteiger partial charge in [0.2, 0.25) is 0 Å².